The molecule has 0 radical (unpaired) electrons. The molecular formula is C22H34N2O7. The van der Waals surface area contributed by atoms with E-state index in [0.717, 1.165) is 5.56 Å². The Hall–Kier alpha value is -2.81. The molecule has 0 saturated carbocycles. The number of nitrogens with one attached hydrogen (secondary N) is 2. The summed E-state index contributed by atoms with van der Waals surface area (Å²) in [5, 5.41) is 14.9. The predicted octanol–water partition coefficient (Wildman–Crippen LogP) is 2.30. The van der Waals surface area contributed by atoms with Crippen molar-refractivity contribution in [2.24, 2.45) is 0 Å². The zero-order valence-corrected chi connectivity index (χ0v) is 19.3. The second kappa shape index (κ2) is 11.0. The molecule has 9 heteroatoms. The highest BCUT2D eigenvalue weighted by atomic mass is 16.6. The number of aromatic hydroxyl groups is 1. The van der Waals surface area contributed by atoms with Gasteiger partial charge < -0.3 is 30.0 Å². The molecule has 0 aliphatic carbocycles. The van der Waals surface area contributed by atoms with E-state index in [2.05, 4.69) is 10.6 Å². The summed E-state index contributed by atoms with van der Waals surface area (Å²) in [5.41, 5.74) is -0.672. The molecule has 0 bridgehead atoms. The molecule has 0 heterocycles. The third kappa shape index (κ3) is 10.7. The van der Waals surface area contributed by atoms with E-state index in [0.29, 0.717) is 0 Å². The van der Waals surface area contributed by atoms with Gasteiger partial charge >= 0.3 is 18.0 Å². The van der Waals surface area contributed by atoms with Gasteiger partial charge in [-0.15, -0.1) is 0 Å². The van der Waals surface area contributed by atoms with E-state index in [9.17, 15) is 19.5 Å². The maximum absolute atomic E-state index is 12.7. The Balaban J connectivity index is 2.94. The number of alkyl carbamates (subject to hydrolysis) is 1. The van der Waals surface area contributed by atoms with Gasteiger partial charge in [-0.25, -0.2) is 9.59 Å². The van der Waals surface area contributed by atoms with E-state index < -0.39 is 41.3 Å². The van der Waals surface area contributed by atoms with Crippen molar-refractivity contribution in [2.75, 3.05) is 13.7 Å². The number of carbonyl (C=O) groups is 3. The first kappa shape index (κ1) is 26.2. The first-order valence-electron chi connectivity index (χ1n) is 10.0. The average molecular weight is 439 g/mol. The van der Waals surface area contributed by atoms with Crippen LogP contribution in [0.4, 0.5) is 4.79 Å². The molecule has 0 unspecified atom stereocenters. The summed E-state index contributed by atoms with van der Waals surface area (Å²) in [4.78, 5) is 37.0. The number of carbonyl (C=O) groups excluding carboxylic acids is 3. The lowest BCUT2D eigenvalue weighted by Gasteiger charge is -2.26. The molecule has 0 saturated heterocycles. The van der Waals surface area contributed by atoms with Crippen LogP contribution in [0.3, 0.4) is 0 Å². The van der Waals surface area contributed by atoms with Gasteiger partial charge in [-0.3, -0.25) is 4.79 Å². The number of methoxy groups -OCH3 is 1. The molecule has 1 aromatic rings. The minimum absolute atomic E-state index is 0.0894. The second-order valence-electron chi connectivity index (χ2n) is 9.09. The standard InChI is InChI=1S/C22H34N2O7/c1-21(2,3)30-19(27)16(12-14-8-10-15(25)11-9-14)23-13-17(18(26)29-7)24-20(28)31-22(4,5)6/h8-11,16-17,23,25H,12-13H2,1-7H3,(H,24,28)/t16-,17+/m0/s1. The molecular weight excluding hydrogens is 404 g/mol. The average Bonchev–Trinajstić information content (AvgIpc) is 2.61. The number of hydrogen-bond acceptors (Lipinski definition) is 8. The van der Waals surface area contributed by atoms with Gasteiger partial charge in [0.1, 0.15) is 29.0 Å². The lowest BCUT2D eigenvalue weighted by molar-refractivity contribution is -0.157. The number of phenolic OH excluding ortho intramolecular Hbond substituents is 1. The Bertz CT molecular complexity index is 749. The Morgan fingerprint density at radius 2 is 1.45 bits per heavy atom. The summed E-state index contributed by atoms with van der Waals surface area (Å²) in [6.07, 6.45) is -0.535. The second-order valence-corrected chi connectivity index (χ2v) is 9.09. The zero-order valence-electron chi connectivity index (χ0n) is 19.3. The SMILES string of the molecule is COC(=O)[C@@H](CN[C@@H](Cc1ccc(O)cc1)C(=O)OC(C)(C)C)NC(=O)OC(C)(C)C. The molecule has 3 N–H and O–H groups in total. The fourth-order valence-corrected chi connectivity index (χ4v) is 2.52. The number of benzene rings is 1. The predicted molar refractivity (Wildman–Crippen MR) is 115 cm³/mol. The van der Waals surface area contributed by atoms with E-state index in [1.54, 1.807) is 53.7 Å². The van der Waals surface area contributed by atoms with Crippen LogP contribution in [0.2, 0.25) is 0 Å². The van der Waals surface area contributed by atoms with Crippen LogP contribution in [0, 0.1) is 0 Å². The van der Waals surface area contributed by atoms with Gasteiger partial charge in [0.05, 0.1) is 7.11 Å². The summed E-state index contributed by atoms with van der Waals surface area (Å²) < 4.78 is 15.4. The van der Waals surface area contributed by atoms with Crippen LogP contribution in [-0.2, 0) is 30.2 Å². The number of phenols is 1. The van der Waals surface area contributed by atoms with Crippen molar-refractivity contribution in [2.45, 2.75) is 71.2 Å². The van der Waals surface area contributed by atoms with Crippen LogP contribution in [0.25, 0.3) is 0 Å². The summed E-state index contributed by atoms with van der Waals surface area (Å²) in [7, 11) is 1.20. The van der Waals surface area contributed by atoms with Crippen LogP contribution in [0.5, 0.6) is 5.75 Å². The molecule has 1 aromatic carbocycles. The molecule has 174 valence electrons. The molecule has 31 heavy (non-hydrogen) atoms. The number of amides is 1. The number of ether oxygens (including phenoxy) is 3. The smallest absolute Gasteiger partial charge is 0.408 e. The van der Waals surface area contributed by atoms with Gasteiger partial charge in [0.15, 0.2) is 0 Å². The van der Waals surface area contributed by atoms with Crippen LogP contribution >= 0.6 is 0 Å². The van der Waals surface area contributed by atoms with E-state index in [4.69, 9.17) is 14.2 Å². The summed E-state index contributed by atoms with van der Waals surface area (Å²) in [6, 6.07) is 4.52. The highest BCUT2D eigenvalue weighted by Gasteiger charge is 2.29. The van der Waals surface area contributed by atoms with Gasteiger partial charge in [0.25, 0.3) is 0 Å². The van der Waals surface area contributed by atoms with Crippen LogP contribution in [0.15, 0.2) is 24.3 Å². The lowest BCUT2D eigenvalue weighted by atomic mass is 10.0. The van der Waals surface area contributed by atoms with Gasteiger partial charge in [-0.05, 0) is 65.7 Å². The maximum Gasteiger partial charge on any atom is 0.408 e. The Morgan fingerprint density at radius 1 is 0.903 bits per heavy atom. The summed E-state index contributed by atoms with van der Waals surface area (Å²) in [6.45, 7) is 10.3. The van der Waals surface area contributed by atoms with Gasteiger partial charge in [0, 0.05) is 6.54 Å². The molecule has 0 aliphatic rings. The third-order valence-electron chi connectivity index (χ3n) is 3.81. The van der Waals surface area contributed by atoms with Crippen molar-refractivity contribution in [1.29, 1.82) is 0 Å². The molecule has 9 nitrogen and oxygen atoms in total. The van der Waals surface area contributed by atoms with Crippen LogP contribution < -0.4 is 10.6 Å². The Labute approximate surface area is 183 Å². The highest BCUT2D eigenvalue weighted by Crippen LogP contribution is 2.14. The van der Waals surface area contributed by atoms with Crippen LogP contribution in [-0.4, -0.2) is 60.1 Å². The molecule has 0 spiro atoms. The van der Waals surface area contributed by atoms with Crippen LogP contribution in [0.1, 0.15) is 47.1 Å². The molecule has 1 amide bonds. The highest BCUT2D eigenvalue weighted by molar-refractivity contribution is 5.82. The monoisotopic (exact) mass is 438 g/mol. The van der Waals surface area contributed by atoms with Gasteiger partial charge in [-0.1, -0.05) is 12.1 Å². The molecule has 2 atom stereocenters. The van der Waals surface area contributed by atoms with E-state index >= 15 is 0 Å². The van der Waals surface area contributed by atoms with Crippen molar-refractivity contribution >= 4 is 18.0 Å². The number of hydrogen-bond donors (Lipinski definition) is 3. The normalized spacial score (nSPS) is 13.6. The third-order valence-corrected chi connectivity index (χ3v) is 3.81. The van der Waals surface area contributed by atoms with Crippen molar-refractivity contribution in [3.63, 3.8) is 0 Å². The molecule has 0 aliphatic heterocycles. The van der Waals surface area contributed by atoms with Crippen molar-refractivity contribution in [1.82, 2.24) is 10.6 Å². The quantitative estimate of drug-likeness (QED) is 0.417. The van der Waals surface area contributed by atoms with E-state index in [-0.39, 0.29) is 18.7 Å². The minimum Gasteiger partial charge on any atom is -0.508 e. The first-order chi connectivity index (χ1) is 14.2. The van der Waals surface area contributed by atoms with Crippen molar-refractivity contribution in [3.8, 4) is 5.75 Å². The van der Waals surface area contributed by atoms with E-state index in [1.165, 1.54) is 19.2 Å². The Morgan fingerprint density at radius 3 is 1.94 bits per heavy atom. The molecule has 0 fully saturated rings. The maximum atomic E-state index is 12.7. The fraction of sp³-hybridized carbons (Fsp3) is 0.591. The first-order valence-corrected chi connectivity index (χ1v) is 10.0. The Kier molecular flexibility index (Phi) is 9.30. The van der Waals surface area contributed by atoms with Gasteiger partial charge in [0.2, 0.25) is 0 Å². The number of rotatable bonds is 8. The topological polar surface area (TPSA) is 123 Å². The zero-order chi connectivity index (χ0) is 23.8. The largest absolute Gasteiger partial charge is 0.508 e. The van der Waals surface area contributed by atoms with E-state index in [1.807, 2.05) is 0 Å². The fourth-order valence-electron chi connectivity index (χ4n) is 2.52. The minimum atomic E-state index is -1.08. The molecule has 1 rings (SSSR count). The molecule has 0 aromatic heterocycles. The van der Waals surface area contributed by atoms with Crippen molar-refractivity contribution in [3.05, 3.63) is 29.8 Å². The summed E-state index contributed by atoms with van der Waals surface area (Å²) in [5.74, 6) is -1.09. The number of esters is 2. The van der Waals surface area contributed by atoms with Gasteiger partial charge in [-0.2, -0.15) is 0 Å². The van der Waals surface area contributed by atoms with Crippen molar-refractivity contribution < 1.29 is 33.7 Å². The summed E-state index contributed by atoms with van der Waals surface area (Å²) >= 11 is 0. The lowest BCUT2D eigenvalue weighted by Crippen LogP contribution is -2.53.